The van der Waals surface area contributed by atoms with Crippen LogP contribution in [0.15, 0.2) is 72.1 Å². The molecule has 0 aliphatic heterocycles. The Morgan fingerprint density at radius 2 is 1.81 bits per heavy atom. The lowest BCUT2D eigenvalue weighted by molar-refractivity contribution is -0.00155. The molecular weight excluding hydrogens is 372 g/mol. The zero-order valence-electron chi connectivity index (χ0n) is 15.6. The van der Waals surface area contributed by atoms with Crippen molar-refractivity contribution in [3.63, 3.8) is 0 Å². The highest BCUT2D eigenvalue weighted by Crippen LogP contribution is 2.43. The largest absolute Gasteiger partial charge is 0.450 e. The molecule has 0 fully saturated rings. The van der Waals surface area contributed by atoms with Gasteiger partial charge < -0.3 is 4.74 Å². The first-order valence-corrected chi connectivity index (χ1v) is 11.0. The number of esters is 1. The molecule has 1 unspecified atom stereocenters. The van der Waals surface area contributed by atoms with Crippen LogP contribution >= 0.6 is 21.8 Å². The van der Waals surface area contributed by atoms with Crippen molar-refractivity contribution in [2.75, 3.05) is 0 Å². The maximum Gasteiger partial charge on any atom is 0.339 e. The SMILES string of the molecule is Cc1cc2ccccc2[s+]1-c1cccc(C(=O)OC(C)(C)c2cccs2)c1. The Morgan fingerprint density at radius 1 is 1.00 bits per heavy atom. The van der Waals surface area contributed by atoms with Crippen molar-refractivity contribution in [2.45, 2.75) is 26.4 Å². The van der Waals surface area contributed by atoms with E-state index in [0.29, 0.717) is 5.56 Å². The molecule has 0 saturated carbocycles. The molecule has 0 aliphatic carbocycles. The van der Waals surface area contributed by atoms with Crippen LogP contribution in [0.2, 0.25) is 0 Å². The molecule has 27 heavy (non-hydrogen) atoms. The molecule has 2 heterocycles. The third-order valence-corrected chi connectivity index (χ3v) is 8.06. The van der Waals surface area contributed by atoms with E-state index >= 15 is 0 Å². The van der Waals surface area contributed by atoms with Crippen molar-refractivity contribution in [3.05, 3.63) is 87.4 Å². The van der Waals surface area contributed by atoms with Gasteiger partial charge >= 0.3 is 5.97 Å². The van der Waals surface area contributed by atoms with E-state index in [1.807, 2.05) is 49.6 Å². The van der Waals surface area contributed by atoms with Gasteiger partial charge in [0.25, 0.3) is 0 Å². The Bertz CT molecular complexity index is 1100. The number of ether oxygens (including phenoxy) is 1. The lowest BCUT2D eigenvalue weighted by Gasteiger charge is -2.23. The van der Waals surface area contributed by atoms with Gasteiger partial charge in [0.2, 0.25) is 0 Å². The van der Waals surface area contributed by atoms with E-state index in [0.717, 1.165) is 9.77 Å². The Kier molecular flexibility index (Phi) is 4.62. The van der Waals surface area contributed by atoms with Crippen molar-refractivity contribution in [3.8, 4) is 4.90 Å². The quantitative estimate of drug-likeness (QED) is 0.274. The van der Waals surface area contributed by atoms with E-state index in [-0.39, 0.29) is 16.4 Å². The van der Waals surface area contributed by atoms with E-state index in [2.05, 4.69) is 43.3 Å². The maximum absolute atomic E-state index is 12.8. The van der Waals surface area contributed by atoms with E-state index in [4.69, 9.17) is 4.74 Å². The van der Waals surface area contributed by atoms with Crippen molar-refractivity contribution in [1.29, 1.82) is 0 Å². The van der Waals surface area contributed by atoms with Crippen molar-refractivity contribution in [1.82, 2.24) is 0 Å². The Morgan fingerprint density at radius 3 is 2.59 bits per heavy atom. The summed E-state index contributed by atoms with van der Waals surface area (Å²) >= 11 is 1.60. The molecule has 4 aromatic rings. The molecule has 0 bridgehead atoms. The van der Waals surface area contributed by atoms with Gasteiger partial charge in [-0.15, -0.1) is 11.3 Å². The van der Waals surface area contributed by atoms with Gasteiger partial charge in [-0.25, -0.2) is 4.79 Å². The molecule has 2 nitrogen and oxygen atoms in total. The number of aryl methyl sites for hydroxylation is 1. The normalized spacial score (nSPS) is 12.3. The van der Waals surface area contributed by atoms with Crippen LogP contribution in [0.3, 0.4) is 0 Å². The van der Waals surface area contributed by atoms with Gasteiger partial charge in [0.15, 0.2) is 14.5 Å². The van der Waals surface area contributed by atoms with Gasteiger partial charge in [-0.3, -0.25) is 0 Å². The van der Waals surface area contributed by atoms with Crippen LogP contribution in [0.4, 0.5) is 0 Å². The Hall–Kier alpha value is -2.43. The molecule has 0 N–H and O–H groups in total. The predicted octanol–water partition coefficient (Wildman–Crippen LogP) is 7.04. The minimum atomic E-state index is -0.640. The standard InChI is InChI=1S/C23H21O2S2/c1-16-14-17-8-4-5-11-20(17)27(16)19-10-6-9-18(15-19)22(24)25-23(2,3)21-12-7-13-26-21/h4-15H,1-3H3/q+1. The van der Waals surface area contributed by atoms with Gasteiger partial charge in [-0.05, 0) is 49.6 Å². The summed E-state index contributed by atoms with van der Waals surface area (Å²) in [6.07, 6.45) is 0. The van der Waals surface area contributed by atoms with Gasteiger partial charge in [-0.1, -0.05) is 24.3 Å². The second-order valence-corrected chi connectivity index (χ2v) is 10.1. The van der Waals surface area contributed by atoms with Crippen LogP contribution in [-0.4, -0.2) is 5.97 Å². The number of carbonyl (C=O) groups is 1. The predicted molar refractivity (Wildman–Crippen MR) is 115 cm³/mol. The lowest BCUT2D eigenvalue weighted by atomic mass is 10.1. The highest BCUT2D eigenvalue weighted by atomic mass is 32.2. The van der Waals surface area contributed by atoms with Gasteiger partial charge in [-0.2, -0.15) is 0 Å². The van der Waals surface area contributed by atoms with Crippen LogP contribution in [-0.2, 0) is 10.3 Å². The molecule has 136 valence electrons. The fraction of sp³-hybridized carbons (Fsp3) is 0.174. The smallest absolute Gasteiger partial charge is 0.339 e. The first-order chi connectivity index (χ1) is 13.0. The van der Waals surface area contributed by atoms with E-state index in [9.17, 15) is 4.79 Å². The van der Waals surface area contributed by atoms with Gasteiger partial charge in [0.05, 0.1) is 5.56 Å². The van der Waals surface area contributed by atoms with Crippen LogP contribution in [0.25, 0.3) is 15.0 Å². The zero-order valence-corrected chi connectivity index (χ0v) is 17.2. The molecule has 2 aromatic heterocycles. The summed E-state index contributed by atoms with van der Waals surface area (Å²) < 4.78 is 7.16. The number of benzene rings is 2. The number of hydrogen-bond donors (Lipinski definition) is 0. The summed E-state index contributed by atoms with van der Waals surface area (Å²) in [5.74, 6) is -0.284. The molecule has 0 radical (unpaired) electrons. The zero-order chi connectivity index (χ0) is 19.0. The third-order valence-electron chi connectivity index (χ3n) is 4.59. The number of carbonyl (C=O) groups excluding carboxylic acids is 1. The third kappa shape index (κ3) is 3.43. The van der Waals surface area contributed by atoms with Crippen LogP contribution < -0.4 is 0 Å². The number of rotatable bonds is 4. The summed E-state index contributed by atoms with van der Waals surface area (Å²) in [7, 11) is -0.134. The second kappa shape index (κ2) is 6.95. The van der Waals surface area contributed by atoms with E-state index in [1.54, 1.807) is 11.3 Å². The highest BCUT2D eigenvalue weighted by Gasteiger charge is 2.28. The van der Waals surface area contributed by atoms with E-state index < -0.39 is 5.60 Å². The topological polar surface area (TPSA) is 26.3 Å². The van der Waals surface area contributed by atoms with E-state index in [1.165, 1.54) is 15.0 Å². The molecule has 1 atom stereocenters. The fourth-order valence-electron chi connectivity index (χ4n) is 3.26. The monoisotopic (exact) mass is 393 g/mol. The Labute approximate surface area is 166 Å². The molecule has 2 aromatic carbocycles. The molecule has 0 saturated heterocycles. The van der Waals surface area contributed by atoms with Gasteiger partial charge in [0, 0.05) is 39.8 Å². The number of fused-ring (bicyclic) bond motifs is 1. The summed E-state index contributed by atoms with van der Waals surface area (Å²) in [6.45, 7) is 6.03. The maximum atomic E-state index is 12.8. The minimum absolute atomic E-state index is 0.134. The number of thiophene rings is 2. The van der Waals surface area contributed by atoms with Crippen LogP contribution in [0.1, 0.15) is 34.0 Å². The van der Waals surface area contributed by atoms with Crippen LogP contribution in [0, 0.1) is 6.92 Å². The highest BCUT2D eigenvalue weighted by molar-refractivity contribution is 7.45. The van der Waals surface area contributed by atoms with Crippen molar-refractivity contribution in [2.24, 2.45) is 0 Å². The fourth-order valence-corrected chi connectivity index (χ4v) is 6.30. The molecular formula is C23H21O2S2+. The minimum Gasteiger partial charge on any atom is -0.450 e. The summed E-state index contributed by atoms with van der Waals surface area (Å²) in [6, 6.07) is 22.5. The molecule has 0 aliphatic rings. The Balaban J connectivity index is 1.68. The summed E-state index contributed by atoms with van der Waals surface area (Å²) in [5.41, 5.74) is -0.0407. The average molecular weight is 394 g/mol. The number of hydrogen-bond acceptors (Lipinski definition) is 3. The van der Waals surface area contributed by atoms with Crippen molar-refractivity contribution >= 4 is 37.9 Å². The average Bonchev–Trinajstić information content (AvgIpc) is 3.29. The van der Waals surface area contributed by atoms with Crippen LogP contribution in [0.5, 0.6) is 0 Å². The molecule has 0 spiro atoms. The summed E-state index contributed by atoms with van der Waals surface area (Å²) in [5, 5.41) is 3.27. The van der Waals surface area contributed by atoms with Crippen molar-refractivity contribution < 1.29 is 9.53 Å². The molecule has 0 amide bonds. The first-order valence-electron chi connectivity index (χ1n) is 8.85. The molecule has 4 rings (SSSR count). The summed E-state index contributed by atoms with van der Waals surface area (Å²) in [4.78, 5) is 16.3. The molecule has 4 heteroatoms. The lowest BCUT2D eigenvalue weighted by Crippen LogP contribution is -2.24. The van der Waals surface area contributed by atoms with Gasteiger partial charge in [0.1, 0.15) is 5.60 Å². The second-order valence-electron chi connectivity index (χ2n) is 7.00. The first kappa shape index (κ1) is 18.0.